The number of nitriles is 2. The van der Waals surface area contributed by atoms with E-state index in [0.717, 1.165) is 111 Å². The van der Waals surface area contributed by atoms with Crippen molar-refractivity contribution in [3.8, 4) is 34.6 Å². The summed E-state index contributed by atoms with van der Waals surface area (Å²) in [5.41, 5.74) is 18.8. The van der Waals surface area contributed by atoms with Crippen LogP contribution in [0, 0.1) is 36.5 Å². The van der Waals surface area contributed by atoms with E-state index in [1.807, 2.05) is 48.5 Å². The average Bonchev–Trinajstić information content (AvgIpc) is 4.01. The van der Waals surface area contributed by atoms with Crippen LogP contribution in [0.4, 0.5) is 34.1 Å². The molecule has 0 aliphatic rings. The number of benzene rings is 11. The summed E-state index contributed by atoms with van der Waals surface area (Å²) in [6, 6.07) is 90.6. The third-order valence-electron chi connectivity index (χ3n) is 14.5. The summed E-state index contributed by atoms with van der Waals surface area (Å²) in [6.45, 7) is 4.26. The van der Waals surface area contributed by atoms with Crippen LogP contribution in [0.3, 0.4) is 0 Å². The Balaban J connectivity index is 0.914. The Morgan fingerprint density at radius 1 is 0.324 bits per heavy atom. The standard InChI is InChI=1S/C68H46N6/c1-45-15-25-50(26-16-45)71(55-35-38-67-62(41-55)60-11-5-7-13-64(60)73(67)53-29-19-47(43-69)20-30-53)51-33-23-49(24-34-51)57-37-40-66(59-10-4-3-9-58(57)59)72(52-27-17-46(2)18-28-52)56-36-39-68-63(42-56)61-12-6-8-14-65(61)74(68)54-31-21-48(44-70)22-32-54/h3-42H,1-2H3. The summed E-state index contributed by atoms with van der Waals surface area (Å²) in [5, 5.41) is 26.0. The number of fused-ring (bicyclic) bond motifs is 7. The van der Waals surface area contributed by atoms with Crippen LogP contribution in [0.5, 0.6) is 0 Å². The third kappa shape index (κ3) is 7.41. The second-order valence-corrected chi connectivity index (χ2v) is 19.0. The molecule has 13 aromatic rings. The van der Waals surface area contributed by atoms with Gasteiger partial charge >= 0.3 is 0 Å². The van der Waals surface area contributed by atoms with Gasteiger partial charge in [0.05, 0.1) is 51.0 Å². The number of para-hydroxylation sites is 2. The Hall–Kier alpha value is -10.1. The van der Waals surface area contributed by atoms with Gasteiger partial charge in [0.25, 0.3) is 0 Å². The van der Waals surface area contributed by atoms with Gasteiger partial charge in [-0.05, 0) is 170 Å². The van der Waals surface area contributed by atoms with Crippen molar-refractivity contribution in [3.63, 3.8) is 0 Å². The molecule has 0 fully saturated rings. The largest absolute Gasteiger partial charge is 0.310 e. The minimum atomic E-state index is 0.638. The van der Waals surface area contributed by atoms with Crippen LogP contribution in [0.15, 0.2) is 243 Å². The molecule has 0 saturated carbocycles. The monoisotopic (exact) mass is 946 g/mol. The van der Waals surface area contributed by atoms with Crippen LogP contribution >= 0.6 is 0 Å². The normalized spacial score (nSPS) is 11.4. The van der Waals surface area contributed by atoms with Crippen molar-refractivity contribution in [2.24, 2.45) is 0 Å². The van der Waals surface area contributed by atoms with Gasteiger partial charge in [0.15, 0.2) is 0 Å². The van der Waals surface area contributed by atoms with Crippen molar-refractivity contribution >= 4 is 88.5 Å². The van der Waals surface area contributed by atoms with Gasteiger partial charge in [-0.25, -0.2) is 0 Å². The van der Waals surface area contributed by atoms with Gasteiger partial charge in [0.1, 0.15) is 0 Å². The Kier molecular flexibility index (Phi) is 10.6. The number of aryl methyl sites for hydroxylation is 2. The van der Waals surface area contributed by atoms with Gasteiger partial charge in [-0.1, -0.05) is 114 Å². The molecule has 11 aromatic carbocycles. The predicted octanol–water partition coefficient (Wildman–Crippen LogP) is 18.0. The van der Waals surface area contributed by atoms with Crippen LogP contribution in [-0.2, 0) is 0 Å². The van der Waals surface area contributed by atoms with E-state index in [9.17, 15) is 10.5 Å². The summed E-state index contributed by atoms with van der Waals surface area (Å²) < 4.78 is 4.58. The highest BCUT2D eigenvalue weighted by Crippen LogP contribution is 2.46. The molecule has 0 unspecified atom stereocenters. The van der Waals surface area contributed by atoms with Crippen molar-refractivity contribution in [1.82, 2.24) is 9.13 Å². The Morgan fingerprint density at radius 2 is 0.716 bits per heavy atom. The fourth-order valence-corrected chi connectivity index (χ4v) is 10.9. The van der Waals surface area contributed by atoms with Gasteiger partial charge in [-0.3, -0.25) is 0 Å². The molecule has 0 radical (unpaired) electrons. The van der Waals surface area contributed by atoms with Crippen LogP contribution in [0.25, 0.3) is 76.9 Å². The molecule has 0 N–H and O–H groups in total. The zero-order valence-electron chi connectivity index (χ0n) is 40.8. The first-order valence-electron chi connectivity index (χ1n) is 24.9. The molecule has 0 saturated heterocycles. The van der Waals surface area contributed by atoms with E-state index < -0.39 is 0 Å². The highest BCUT2D eigenvalue weighted by molar-refractivity contribution is 6.13. The minimum Gasteiger partial charge on any atom is -0.310 e. The number of nitrogens with zero attached hydrogens (tertiary/aromatic N) is 6. The smallest absolute Gasteiger partial charge is 0.0991 e. The average molecular weight is 947 g/mol. The maximum absolute atomic E-state index is 9.55. The predicted molar refractivity (Wildman–Crippen MR) is 306 cm³/mol. The van der Waals surface area contributed by atoms with Crippen molar-refractivity contribution in [3.05, 3.63) is 265 Å². The van der Waals surface area contributed by atoms with Gasteiger partial charge in [0, 0.05) is 66.7 Å². The first-order chi connectivity index (χ1) is 36.4. The fourth-order valence-electron chi connectivity index (χ4n) is 10.9. The van der Waals surface area contributed by atoms with Gasteiger partial charge in [-0.15, -0.1) is 0 Å². The van der Waals surface area contributed by atoms with Crippen LogP contribution in [0.1, 0.15) is 22.3 Å². The number of hydrogen-bond acceptors (Lipinski definition) is 4. The zero-order chi connectivity index (χ0) is 49.9. The second-order valence-electron chi connectivity index (χ2n) is 19.0. The lowest BCUT2D eigenvalue weighted by Crippen LogP contribution is -2.11. The van der Waals surface area contributed by atoms with E-state index >= 15 is 0 Å². The molecule has 6 heteroatoms. The summed E-state index contributed by atoms with van der Waals surface area (Å²) in [5.74, 6) is 0. The SMILES string of the molecule is Cc1ccc(N(c2ccc(-c3ccc(N(c4ccc(C)cc4)c4ccc5c(c4)c4ccccc4n5-c4ccc(C#N)cc4)c4ccccc34)cc2)c2ccc3c(c2)c2ccccc2n3-c2ccc(C#N)cc2)cc1. The Morgan fingerprint density at radius 3 is 1.20 bits per heavy atom. The van der Waals surface area contributed by atoms with Crippen LogP contribution < -0.4 is 9.80 Å². The molecule has 74 heavy (non-hydrogen) atoms. The summed E-state index contributed by atoms with van der Waals surface area (Å²) >= 11 is 0. The maximum Gasteiger partial charge on any atom is 0.0991 e. The second kappa shape index (κ2) is 17.9. The lowest BCUT2D eigenvalue weighted by atomic mass is 9.96. The van der Waals surface area contributed by atoms with Crippen molar-refractivity contribution in [2.45, 2.75) is 13.8 Å². The van der Waals surface area contributed by atoms with Crippen molar-refractivity contribution < 1.29 is 0 Å². The van der Waals surface area contributed by atoms with Gasteiger partial charge in [0.2, 0.25) is 0 Å². The summed E-state index contributed by atoms with van der Waals surface area (Å²) in [6.07, 6.45) is 0. The molecule has 348 valence electrons. The van der Waals surface area contributed by atoms with Crippen LogP contribution in [-0.4, -0.2) is 9.13 Å². The molecular weight excluding hydrogens is 901 g/mol. The Labute approximate surface area is 429 Å². The van der Waals surface area contributed by atoms with Crippen molar-refractivity contribution in [2.75, 3.05) is 9.80 Å². The first-order valence-corrected chi connectivity index (χ1v) is 24.9. The van der Waals surface area contributed by atoms with E-state index in [1.165, 1.54) is 11.1 Å². The third-order valence-corrected chi connectivity index (χ3v) is 14.5. The molecule has 13 rings (SSSR count). The van der Waals surface area contributed by atoms with Crippen LogP contribution in [0.2, 0.25) is 0 Å². The Bertz CT molecular complexity index is 4380. The van der Waals surface area contributed by atoms with Gasteiger partial charge in [-0.2, -0.15) is 10.5 Å². The van der Waals surface area contributed by atoms with E-state index in [1.54, 1.807) is 0 Å². The topological polar surface area (TPSA) is 63.9 Å². The molecule has 0 aliphatic carbocycles. The molecule has 6 nitrogen and oxygen atoms in total. The van der Waals surface area contributed by atoms with E-state index in [4.69, 9.17) is 0 Å². The summed E-state index contributed by atoms with van der Waals surface area (Å²) in [7, 11) is 0. The number of aromatic nitrogens is 2. The molecule has 0 amide bonds. The highest BCUT2D eigenvalue weighted by Gasteiger charge is 2.22. The maximum atomic E-state index is 9.55. The molecule has 0 bridgehead atoms. The highest BCUT2D eigenvalue weighted by atomic mass is 15.2. The van der Waals surface area contributed by atoms with E-state index in [-0.39, 0.29) is 0 Å². The fraction of sp³-hybridized carbons (Fsp3) is 0.0294. The molecule has 0 atom stereocenters. The molecule has 2 aromatic heterocycles. The number of rotatable bonds is 9. The molecule has 0 aliphatic heterocycles. The van der Waals surface area contributed by atoms with E-state index in [0.29, 0.717) is 11.1 Å². The lowest BCUT2D eigenvalue weighted by Gasteiger charge is -2.28. The molecular formula is C68H46N6. The van der Waals surface area contributed by atoms with Gasteiger partial charge < -0.3 is 18.9 Å². The molecule has 0 spiro atoms. The number of anilines is 6. The number of hydrogen-bond donors (Lipinski definition) is 0. The minimum absolute atomic E-state index is 0.638. The van der Waals surface area contributed by atoms with Crippen molar-refractivity contribution in [1.29, 1.82) is 10.5 Å². The first kappa shape index (κ1) is 43.8. The quantitative estimate of drug-likeness (QED) is 0.145. The van der Waals surface area contributed by atoms with E-state index in [2.05, 4.69) is 239 Å². The summed E-state index contributed by atoms with van der Waals surface area (Å²) in [4.78, 5) is 4.73. The zero-order valence-corrected chi connectivity index (χ0v) is 40.8. The lowest BCUT2D eigenvalue weighted by molar-refractivity contribution is 1.18. The molecule has 2 heterocycles.